The standard InChI is InChI=1S/C38H45N5O7S/c1-37(18-19-37)51(47,48)42-36(46)38-23-25(38)11-7-4-3-5-10-14-30(40-26-12-8-6-9-13-26)35(45)43-24-28(22-32(43)34(44)41-38)50-33-17-20-39-31-21-27(49-2)15-16-29(31)33/h6-9,11-13,15-17,20-21,25,28,30,32,40H,3-5,10,14,18-19,22-24H2,1-2H3,(H,41,44)(H,42,46)/b11-7-/t25-,28+,30-,32-,38+/m0/s1. The number of fused-ring (bicyclic) bond motifs is 3. The van der Waals surface area contributed by atoms with Gasteiger partial charge in [-0.2, -0.15) is 0 Å². The van der Waals surface area contributed by atoms with Crippen LogP contribution in [0.25, 0.3) is 10.9 Å². The molecule has 13 heteroatoms. The van der Waals surface area contributed by atoms with Crippen molar-refractivity contribution in [3.63, 3.8) is 0 Å². The predicted molar refractivity (Wildman–Crippen MR) is 193 cm³/mol. The number of hydrogen-bond donors (Lipinski definition) is 3. The van der Waals surface area contributed by atoms with E-state index in [2.05, 4.69) is 20.3 Å². The van der Waals surface area contributed by atoms with Crippen molar-refractivity contribution in [2.24, 2.45) is 5.92 Å². The molecule has 1 aromatic heterocycles. The molecule has 7 rings (SSSR count). The van der Waals surface area contributed by atoms with Gasteiger partial charge in [0, 0.05) is 35.7 Å². The Balaban J connectivity index is 1.20. The molecule has 3 heterocycles. The number of rotatable bonds is 8. The highest BCUT2D eigenvalue weighted by molar-refractivity contribution is 7.91. The van der Waals surface area contributed by atoms with E-state index in [-0.39, 0.29) is 31.2 Å². The lowest BCUT2D eigenvalue weighted by atomic mass is 10.0. The average Bonchev–Trinajstić information content (AvgIpc) is 4.00. The fraction of sp³-hybridized carbons (Fsp3) is 0.474. The van der Waals surface area contributed by atoms with E-state index >= 15 is 0 Å². The van der Waals surface area contributed by atoms with Crippen molar-refractivity contribution in [2.75, 3.05) is 19.0 Å². The molecule has 12 nitrogen and oxygen atoms in total. The molecule has 5 atom stereocenters. The number of para-hydroxylation sites is 1. The monoisotopic (exact) mass is 715 g/mol. The van der Waals surface area contributed by atoms with Gasteiger partial charge in [-0.25, -0.2) is 8.42 Å². The van der Waals surface area contributed by atoms with E-state index in [1.807, 2.05) is 60.7 Å². The lowest BCUT2D eigenvalue weighted by Crippen LogP contribution is -2.58. The van der Waals surface area contributed by atoms with E-state index in [9.17, 15) is 22.8 Å². The second-order valence-corrected chi connectivity index (χ2v) is 16.7. The van der Waals surface area contributed by atoms with Gasteiger partial charge >= 0.3 is 0 Å². The van der Waals surface area contributed by atoms with Gasteiger partial charge in [0.05, 0.1) is 23.9 Å². The molecule has 2 aliphatic heterocycles. The van der Waals surface area contributed by atoms with Crippen molar-refractivity contribution >= 4 is 44.3 Å². The summed E-state index contributed by atoms with van der Waals surface area (Å²) >= 11 is 0. The topological polar surface area (TPSA) is 156 Å². The molecule has 3 amide bonds. The van der Waals surface area contributed by atoms with Crippen LogP contribution in [0.3, 0.4) is 0 Å². The van der Waals surface area contributed by atoms with Crippen LogP contribution >= 0.6 is 0 Å². The first kappa shape index (κ1) is 34.8. The molecule has 4 aliphatic rings. The minimum atomic E-state index is -3.94. The highest BCUT2D eigenvalue weighted by atomic mass is 32.2. The highest BCUT2D eigenvalue weighted by Crippen LogP contribution is 2.47. The van der Waals surface area contributed by atoms with Crippen LogP contribution in [0.15, 0.2) is 72.9 Å². The summed E-state index contributed by atoms with van der Waals surface area (Å²) in [5.74, 6) is -0.661. The number of aromatic nitrogens is 1. The number of benzene rings is 2. The Hall–Kier alpha value is -4.65. The predicted octanol–water partition coefficient (Wildman–Crippen LogP) is 4.47. The third kappa shape index (κ3) is 7.13. The van der Waals surface area contributed by atoms with Crippen molar-refractivity contribution in [1.29, 1.82) is 0 Å². The second-order valence-electron chi connectivity index (χ2n) is 14.5. The number of ether oxygens (including phenoxy) is 2. The number of amides is 3. The number of carbonyl (C=O) groups is 3. The van der Waals surface area contributed by atoms with Gasteiger partial charge in [-0.15, -0.1) is 0 Å². The zero-order valence-electron chi connectivity index (χ0n) is 29.0. The van der Waals surface area contributed by atoms with Crippen LogP contribution in [0.4, 0.5) is 5.69 Å². The zero-order chi connectivity index (χ0) is 35.8. The molecule has 3 fully saturated rings. The van der Waals surface area contributed by atoms with Crippen LogP contribution in [0.1, 0.15) is 64.7 Å². The van der Waals surface area contributed by atoms with Crippen LogP contribution in [0, 0.1) is 5.92 Å². The lowest BCUT2D eigenvalue weighted by Gasteiger charge is -2.30. The largest absolute Gasteiger partial charge is 0.497 e. The van der Waals surface area contributed by atoms with Gasteiger partial charge in [-0.05, 0) is 75.8 Å². The quantitative estimate of drug-likeness (QED) is 0.287. The molecule has 3 aromatic rings. The van der Waals surface area contributed by atoms with Crippen LogP contribution in [-0.4, -0.2) is 78.2 Å². The van der Waals surface area contributed by atoms with Crippen molar-refractivity contribution in [2.45, 2.75) is 93.2 Å². The number of methoxy groups -OCH3 is 1. The Kier molecular flexibility index (Phi) is 9.42. The van der Waals surface area contributed by atoms with Gasteiger partial charge in [0.15, 0.2) is 0 Å². The SMILES string of the molecule is COc1ccc2c(O[C@@H]3C[C@H]4C(=O)N[C@]5(C(=O)NS(=O)(=O)C6(C)CC6)C[C@@H]5/C=C\CCCCC[C@H](Nc5ccccc5)C(=O)N4C3)ccnc2c1. The van der Waals surface area contributed by atoms with Gasteiger partial charge in [0.25, 0.3) is 5.91 Å². The Bertz CT molecular complexity index is 1950. The zero-order valence-corrected chi connectivity index (χ0v) is 29.8. The molecule has 2 aromatic carbocycles. The van der Waals surface area contributed by atoms with Gasteiger partial charge in [-0.1, -0.05) is 43.2 Å². The molecule has 0 unspecified atom stereocenters. The Morgan fingerprint density at radius 1 is 1.06 bits per heavy atom. The van der Waals surface area contributed by atoms with Crippen molar-refractivity contribution < 1.29 is 32.3 Å². The maximum absolute atomic E-state index is 14.5. The number of nitrogens with one attached hydrogen (secondary N) is 3. The summed E-state index contributed by atoms with van der Waals surface area (Å²) in [5, 5.41) is 7.12. The number of sulfonamides is 1. The molecule has 0 spiro atoms. The molecule has 2 saturated carbocycles. The van der Waals surface area contributed by atoms with Gasteiger partial charge < -0.3 is 25.0 Å². The molecular weight excluding hydrogens is 671 g/mol. The number of anilines is 1. The summed E-state index contributed by atoms with van der Waals surface area (Å²) in [7, 11) is -2.35. The van der Waals surface area contributed by atoms with Crippen molar-refractivity contribution in [1.82, 2.24) is 19.9 Å². The number of carbonyl (C=O) groups excluding carboxylic acids is 3. The number of allylic oxidation sites excluding steroid dienone is 1. The maximum Gasteiger partial charge on any atom is 0.259 e. The lowest BCUT2D eigenvalue weighted by molar-refractivity contribution is -0.140. The number of pyridine rings is 1. The van der Waals surface area contributed by atoms with Crippen LogP contribution < -0.4 is 24.8 Å². The molecular formula is C38H45N5O7S. The fourth-order valence-corrected chi connectivity index (χ4v) is 8.51. The van der Waals surface area contributed by atoms with E-state index in [0.717, 1.165) is 36.8 Å². The molecule has 1 saturated heterocycles. The summed E-state index contributed by atoms with van der Waals surface area (Å²) < 4.78 is 39.4. The fourth-order valence-electron chi connectivity index (χ4n) is 7.19. The minimum absolute atomic E-state index is 0.138. The Morgan fingerprint density at radius 3 is 2.63 bits per heavy atom. The highest BCUT2D eigenvalue weighted by Gasteiger charge is 2.63. The van der Waals surface area contributed by atoms with E-state index in [4.69, 9.17) is 9.47 Å². The number of nitrogens with zero attached hydrogens (tertiary/aromatic N) is 2. The van der Waals surface area contributed by atoms with E-state index < -0.39 is 50.3 Å². The van der Waals surface area contributed by atoms with E-state index in [0.29, 0.717) is 36.3 Å². The summed E-state index contributed by atoms with van der Waals surface area (Å²) in [5.41, 5.74) is 0.0312. The van der Waals surface area contributed by atoms with Crippen LogP contribution in [0.5, 0.6) is 11.5 Å². The van der Waals surface area contributed by atoms with Crippen molar-refractivity contribution in [3.05, 3.63) is 72.9 Å². The van der Waals surface area contributed by atoms with Gasteiger partial charge in [-0.3, -0.25) is 24.1 Å². The molecule has 0 radical (unpaired) electrons. The third-order valence-corrected chi connectivity index (χ3v) is 13.0. The molecule has 51 heavy (non-hydrogen) atoms. The first-order valence-electron chi connectivity index (χ1n) is 17.8. The van der Waals surface area contributed by atoms with Crippen molar-refractivity contribution in [3.8, 4) is 11.5 Å². The average molecular weight is 716 g/mol. The summed E-state index contributed by atoms with van der Waals surface area (Å²) in [6.45, 7) is 1.75. The van der Waals surface area contributed by atoms with Gasteiger partial charge in [0.2, 0.25) is 21.8 Å². The Labute approximate surface area is 298 Å². The summed E-state index contributed by atoms with van der Waals surface area (Å²) in [4.78, 5) is 48.8. The maximum atomic E-state index is 14.5. The summed E-state index contributed by atoms with van der Waals surface area (Å²) in [6, 6.07) is 15.2. The van der Waals surface area contributed by atoms with Crippen LogP contribution in [0.2, 0.25) is 0 Å². The van der Waals surface area contributed by atoms with E-state index in [1.165, 1.54) is 0 Å². The van der Waals surface area contributed by atoms with Gasteiger partial charge in [0.1, 0.15) is 35.2 Å². The molecule has 0 bridgehead atoms. The Morgan fingerprint density at radius 2 is 1.86 bits per heavy atom. The molecule has 270 valence electrons. The minimum Gasteiger partial charge on any atom is -0.497 e. The summed E-state index contributed by atoms with van der Waals surface area (Å²) in [6.07, 6.45) is 10.3. The number of hydrogen-bond acceptors (Lipinski definition) is 9. The van der Waals surface area contributed by atoms with Crippen LogP contribution in [-0.2, 0) is 24.4 Å². The molecule has 3 N–H and O–H groups in total. The second kappa shape index (κ2) is 13.8. The smallest absolute Gasteiger partial charge is 0.259 e. The molecule has 2 aliphatic carbocycles. The normalized spacial score (nSPS) is 28.2. The first-order chi connectivity index (χ1) is 24.5. The van der Waals surface area contributed by atoms with E-state index in [1.54, 1.807) is 31.2 Å². The first-order valence-corrected chi connectivity index (χ1v) is 19.3. The third-order valence-electron chi connectivity index (χ3n) is 10.8.